The minimum absolute atomic E-state index is 0.0118. The second kappa shape index (κ2) is 8.59. The summed E-state index contributed by atoms with van der Waals surface area (Å²) < 4.78 is 12.7. The molecular formula is C33H52O2. The lowest BCUT2D eigenvalue weighted by Crippen LogP contribution is -2.60. The van der Waals surface area contributed by atoms with E-state index in [1.165, 1.54) is 44.9 Å². The molecule has 2 nitrogen and oxygen atoms in total. The third kappa shape index (κ3) is 3.48. The lowest BCUT2D eigenvalue weighted by molar-refractivity contribution is -0.279. The summed E-state index contributed by atoms with van der Waals surface area (Å²) in [6.45, 7) is 21.3. The Kier molecular flexibility index (Phi) is 6.32. The van der Waals surface area contributed by atoms with Crippen molar-refractivity contribution in [3.63, 3.8) is 0 Å². The van der Waals surface area contributed by atoms with Crippen molar-refractivity contribution >= 4 is 0 Å². The number of fused-ring (bicyclic) bond motifs is 5. The summed E-state index contributed by atoms with van der Waals surface area (Å²) >= 11 is 0. The quantitative estimate of drug-likeness (QED) is 0.365. The number of allylic oxidation sites excluding steroid dienone is 6. The molecule has 1 heterocycles. The van der Waals surface area contributed by atoms with Crippen molar-refractivity contribution in [2.75, 3.05) is 13.2 Å². The van der Waals surface area contributed by atoms with E-state index >= 15 is 0 Å². The van der Waals surface area contributed by atoms with Crippen LogP contribution in [0.1, 0.15) is 113 Å². The molecule has 1 unspecified atom stereocenters. The highest BCUT2D eigenvalue weighted by Gasteiger charge is 2.66. The minimum Gasteiger partial charge on any atom is -0.347 e. The first-order valence-electron chi connectivity index (χ1n) is 14.8. The van der Waals surface area contributed by atoms with E-state index in [2.05, 4.69) is 73.6 Å². The van der Waals surface area contributed by atoms with Crippen LogP contribution in [0, 0.1) is 39.4 Å². The van der Waals surface area contributed by atoms with Crippen molar-refractivity contribution in [3.05, 3.63) is 34.9 Å². The Hall–Kier alpha value is -0.860. The van der Waals surface area contributed by atoms with Crippen LogP contribution in [0.5, 0.6) is 0 Å². The summed E-state index contributed by atoms with van der Waals surface area (Å²) in [6.07, 6.45) is 19.0. The van der Waals surface area contributed by atoms with E-state index in [0.29, 0.717) is 16.7 Å². The van der Waals surface area contributed by atoms with E-state index < -0.39 is 0 Å². The molecule has 196 valence electrons. The SMILES string of the molecule is CCC(C)=CCC[C@@H](C)[C@H]1CC[C@@]2(C)C3=CCC4C(C)(C)C5(CC[C@]4(C)C3=CC[C@]12C)OCCO5. The molecule has 4 aliphatic carbocycles. The Labute approximate surface area is 216 Å². The molecule has 0 amide bonds. The average Bonchev–Trinajstić information content (AvgIpc) is 3.40. The van der Waals surface area contributed by atoms with Crippen LogP contribution >= 0.6 is 0 Å². The first-order chi connectivity index (χ1) is 16.5. The predicted octanol–water partition coefficient (Wildman–Crippen LogP) is 9.03. The fourth-order valence-electron chi connectivity index (χ4n) is 9.79. The third-order valence-electron chi connectivity index (χ3n) is 12.5. The van der Waals surface area contributed by atoms with Crippen molar-refractivity contribution < 1.29 is 9.47 Å². The predicted molar refractivity (Wildman–Crippen MR) is 146 cm³/mol. The average molecular weight is 481 g/mol. The van der Waals surface area contributed by atoms with Gasteiger partial charge in [-0.15, -0.1) is 0 Å². The molecule has 6 atom stereocenters. The molecule has 0 aromatic carbocycles. The first kappa shape index (κ1) is 25.8. The first-order valence-corrected chi connectivity index (χ1v) is 14.8. The molecular weight excluding hydrogens is 428 g/mol. The van der Waals surface area contributed by atoms with Crippen molar-refractivity contribution in [3.8, 4) is 0 Å². The van der Waals surface area contributed by atoms with Crippen LogP contribution < -0.4 is 0 Å². The molecule has 1 saturated heterocycles. The second-order valence-corrected chi connectivity index (χ2v) is 14.2. The summed E-state index contributed by atoms with van der Waals surface area (Å²) in [5, 5.41) is 0. The molecule has 3 fully saturated rings. The fourth-order valence-corrected chi connectivity index (χ4v) is 9.79. The smallest absolute Gasteiger partial charge is 0.173 e. The monoisotopic (exact) mass is 480 g/mol. The minimum atomic E-state index is -0.380. The van der Waals surface area contributed by atoms with E-state index in [1.807, 2.05) is 0 Å². The molecule has 35 heavy (non-hydrogen) atoms. The number of ether oxygens (including phenoxy) is 2. The summed E-state index contributed by atoms with van der Waals surface area (Å²) in [5.74, 6) is 1.79. The highest BCUT2D eigenvalue weighted by Crippen LogP contribution is 2.72. The van der Waals surface area contributed by atoms with Crippen LogP contribution in [0.25, 0.3) is 0 Å². The van der Waals surface area contributed by atoms with Gasteiger partial charge < -0.3 is 9.47 Å². The molecule has 0 bridgehead atoms. The van der Waals surface area contributed by atoms with Crippen LogP contribution in [0.4, 0.5) is 0 Å². The number of hydrogen-bond donors (Lipinski definition) is 0. The van der Waals surface area contributed by atoms with Crippen LogP contribution in [-0.2, 0) is 9.47 Å². The van der Waals surface area contributed by atoms with Gasteiger partial charge in [-0.3, -0.25) is 0 Å². The van der Waals surface area contributed by atoms with Crippen molar-refractivity contribution in [2.45, 2.75) is 119 Å². The van der Waals surface area contributed by atoms with Gasteiger partial charge in [0.25, 0.3) is 0 Å². The van der Waals surface area contributed by atoms with Crippen LogP contribution in [-0.4, -0.2) is 19.0 Å². The Balaban J connectivity index is 1.43. The van der Waals surface area contributed by atoms with Crippen molar-refractivity contribution in [1.82, 2.24) is 0 Å². The molecule has 0 aromatic heterocycles. The van der Waals surface area contributed by atoms with Gasteiger partial charge in [0.1, 0.15) is 0 Å². The third-order valence-corrected chi connectivity index (χ3v) is 12.5. The number of rotatable bonds is 5. The van der Waals surface area contributed by atoms with E-state index in [0.717, 1.165) is 37.9 Å². The summed E-state index contributed by atoms with van der Waals surface area (Å²) in [5.41, 5.74) is 5.88. The summed E-state index contributed by atoms with van der Waals surface area (Å²) in [7, 11) is 0. The lowest BCUT2D eigenvalue weighted by Gasteiger charge is -2.63. The lowest BCUT2D eigenvalue weighted by atomic mass is 9.43. The van der Waals surface area contributed by atoms with Gasteiger partial charge in [0.2, 0.25) is 0 Å². The standard InChI is InChI=1S/C33H52O2/c1-9-23(2)11-10-12-24(3)25-15-17-32(8)27-13-14-28-29(4,5)33(34-21-22-35-33)20-19-30(28,6)26(27)16-18-31(25,32)7/h11,13,16,24-25,28H,9-10,12,14-15,17-22H2,1-8H3/t24-,25-,28?,30-,31-,32+/m1/s1. The summed E-state index contributed by atoms with van der Waals surface area (Å²) in [6, 6.07) is 0. The molecule has 1 aliphatic heterocycles. The highest BCUT2D eigenvalue weighted by atomic mass is 16.7. The van der Waals surface area contributed by atoms with Crippen LogP contribution in [0.2, 0.25) is 0 Å². The van der Waals surface area contributed by atoms with Gasteiger partial charge in [-0.25, -0.2) is 0 Å². The van der Waals surface area contributed by atoms with Gasteiger partial charge in [0.15, 0.2) is 5.79 Å². The number of hydrogen-bond acceptors (Lipinski definition) is 2. The van der Waals surface area contributed by atoms with Gasteiger partial charge in [0, 0.05) is 11.8 Å². The maximum Gasteiger partial charge on any atom is 0.173 e. The zero-order valence-electron chi connectivity index (χ0n) is 24.1. The van der Waals surface area contributed by atoms with Crippen molar-refractivity contribution in [1.29, 1.82) is 0 Å². The molecule has 0 aromatic rings. The van der Waals surface area contributed by atoms with E-state index in [-0.39, 0.29) is 16.6 Å². The molecule has 5 aliphatic rings. The van der Waals surface area contributed by atoms with Gasteiger partial charge in [-0.05, 0) is 103 Å². The summed E-state index contributed by atoms with van der Waals surface area (Å²) in [4.78, 5) is 0. The van der Waals surface area contributed by atoms with Crippen LogP contribution in [0.15, 0.2) is 34.9 Å². The highest BCUT2D eigenvalue weighted by molar-refractivity contribution is 5.50. The van der Waals surface area contributed by atoms with E-state index in [1.54, 1.807) is 16.7 Å². The second-order valence-electron chi connectivity index (χ2n) is 14.2. The Morgan fingerprint density at radius 3 is 2.43 bits per heavy atom. The van der Waals surface area contributed by atoms with Gasteiger partial charge in [0.05, 0.1) is 13.2 Å². The van der Waals surface area contributed by atoms with E-state index in [9.17, 15) is 0 Å². The molecule has 0 N–H and O–H groups in total. The van der Waals surface area contributed by atoms with Gasteiger partial charge in [-0.2, -0.15) is 0 Å². The van der Waals surface area contributed by atoms with Crippen molar-refractivity contribution in [2.24, 2.45) is 39.4 Å². The van der Waals surface area contributed by atoms with E-state index in [4.69, 9.17) is 9.47 Å². The molecule has 0 radical (unpaired) electrons. The normalized spacial score (nSPS) is 42.7. The Bertz CT molecular complexity index is 931. The molecule has 2 saturated carbocycles. The zero-order valence-corrected chi connectivity index (χ0v) is 24.1. The maximum atomic E-state index is 6.36. The largest absolute Gasteiger partial charge is 0.347 e. The maximum absolute atomic E-state index is 6.36. The Morgan fingerprint density at radius 2 is 1.74 bits per heavy atom. The van der Waals surface area contributed by atoms with Gasteiger partial charge >= 0.3 is 0 Å². The zero-order chi connectivity index (χ0) is 25.3. The fraction of sp³-hybridized carbons (Fsp3) is 0.818. The molecule has 5 rings (SSSR count). The Morgan fingerprint density at radius 1 is 1.03 bits per heavy atom. The topological polar surface area (TPSA) is 18.5 Å². The molecule has 1 spiro atoms. The van der Waals surface area contributed by atoms with Gasteiger partial charge in [-0.1, -0.05) is 72.3 Å². The molecule has 2 heteroatoms. The van der Waals surface area contributed by atoms with Crippen LogP contribution in [0.3, 0.4) is 0 Å².